The highest BCUT2D eigenvalue weighted by Crippen LogP contribution is 2.25. The predicted molar refractivity (Wildman–Crippen MR) is 63.7 cm³/mol. The zero-order chi connectivity index (χ0) is 13.3. The van der Waals surface area contributed by atoms with Crippen molar-refractivity contribution in [2.45, 2.75) is 31.5 Å². The molecule has 2 aliphatic heterocycles. The molecule has 0 aliphatic carbocycles. The summed E-state index contributed by atoms with van der Waals surface area (Å²) in [6.45, 7) is 2.95. The Bertz CT molecular complexity index is 360. The maximum Gasteiger partial charge on any atom is 0.225 e. The van der Waals surface area contributed by atoms with Gasteiger partial charge in [0.05, 0.1) is 12.0 Å². The van der Waals surface area contributed by atoms with Crippen LogP contribution in [0.4, 0.5) is 0 Å². The monoisotopic (exact) mass is 256 g/mol. The highest BCUT2D eigenvalue weighted by atomic mass is 16.5. The fraction of sp³-hybridized carbons (Fsp3) is 0.833. The topological polar surface area (TPSA) is 78.9 Å². The van der Waals surface area contributed by atoms with E-state index in [0.717, 1.165) is 0 Å². The molecule has 2 fully saturated rings. The molecule has 0 aromatic carbocycles. The van der Waals surface area contributed by atoms with Gasteiger partial charge in [0, 0.05) is 39.6 Å². The second-order valence-corrected chi connectivity index (χ2v) is 5.26. The zero-order valence-electron chi connectivity index (χ0n) is 10.8. The van der Waals surface area contributed by atoms with Gasteiger partial charge in [0.1, 0.15) is 5.60 Å². The van der Waals surface area contributed by atoms with Gasteiger partial charge < -0.3 is 20.1 Å². The smallest absolute Gasteiger partial charge is 0.225 e. The number of aliphatic hydroxyl groups is 1. The summed E-state index contributed by atoms with van der Waals surface area (Å²) in [7, 11) is 1.69. The van der Waals surface area contributed by atoms with Crippen molar-refractivity contribution in [3.8, 4) is 0 Å². The number of rotatable bonds is 3. The van der Waals surface area contributed by atoms with Crippen LogP contribution < -0.4 is 5.32 Å². The molecule has 2 N–H and O–H groups in total. The first-order valence-electron chi connectivity index (χ1n) is 6.28. The first-order valence-corrected chi connectivity index (χ1v) is 6.28. The van der Waals surface area contributed by atoms with Crippen LogP contribution in [0.1, 0.15) is 19.8 Å². The predicted octanol–water partition coefficient (Wildman–Crippen LogP) is -0.879. The Morgan fingerprint density at radius 1 is 1.67 bits per heavy atom. The molecule has 0 spiro atoms. The van der Waals surface area contributed by atoms with Gasteiger partial charge in [-0.1, -0.05) is 0 Å². The lowest BCUT2D eigenvalue weighted by Crippen LogP contribution is -2.48. The number of amides is 2. The Balaban J connectivity index is 1.84. The number of hydrogen-bond donors (Lipinski definition) is 2. The highest BCUT2D eigenvalue weighted by Gasteiger charge is 2.40. The summed E-state index contributed by atoms with van der Waals surface area (Å²) in [5.41, 5.74) is -0.982. The van der Waals surface area contributed by atoms with E-state index in [0.29, 0.717) is 19.6 Å². The van der Waals surface area contributed by atoms with Crippen LogP contribution in [-0.4, -0.2) is 60.3 Å². The molecular weight excluding hydrogens is 236 g/mol. The van der Waals surface area contributed by atoms with E-state index in [9.17, 15) is 14.7 Å². The zero-order valence-corrected chi connectivity index (χ0v) is 10.8. The second kappa shape index (κ2) is 4.85. The van der Waals surface area contributed by atoms with E-state index in [4.69, 9.17) is 4.74 Å². The number of carbonyl (C=O) groups excluding carboxylic acids is 2. The van der Waals surface area contributed by atoms with Crippen molar-refractivity contribution < 1.29 is 19.4 Å². The van der Waals surface area contributed by atoms with Crippen molar-refractivity contribution in [2.75, 3.05) is 26.7 Å². The van der Waals surface area contributed by atoms with Crippen molar-refractivity contribution in [1.29, 1.82) is 0 Å². The van der Waals surface area contributed by atoms with Gasteiger partial charge in [0.15, 0.2) is 0 Å². The molecule has 0 aromatic rings. The highest BCUT2D eigenvalue weighted by molar-refractivity contribution is 5.89. The van der Waals surface area contributed by atoms with Gasteiger partial charge in [-0.05, 0) is 6.92 Å². The van der Waals surface area contributed by atoms with Crippen molar-refractivity contribution in [2.24, 2.45) is 5.92 Å². The van der Waals surface area contributed by atoms with Gasteiger partial charge in [0.2, 0.25) is 11.8 Å². The molecule has 102 valence electrons. The maximum absolute atomic E-state index is 11.9. The molecule has 3 atom stereocenters. The number of likely N-dealkylation sites (tertiary alicyclic amines) is 1. The molecule has 0 bridgehead atoms. The molecule has 0 aromatic heterocycles. The van der Waals surface area contributed by atoms with Crippen LogP contribution >= 0.6 is 0 Å². The summed E-state index contributed by atoms with van der Waals surface area (Å²) in [6.07, 6.45) is 0.510. The van der Waals surface area contributed by atoms with Crippen molar-refractivity contribution in [1.82, 2.24) is 10.2 Å². The summed E-state index contributed by atoms with van der Waals surface area (Å²) in [4.78, 5) is 24.8. The molecule has 18 heavy (non-hydrogen) atoms. The number of carbonyl (C=O) groups is 2. The van der Waals surface area contributed by atoms with E-state index in [1.165, 1.54) is 0 Å². The number of hydrogen-bond acceptors (Lipinski definition) is 4. The normalized spacial score (nSPS) is 36.2. The fourth-order valence-electron chi connectivity index (χ4n) is 2.43. The van der Waals surface area contributed by atoms with Gasteiger partial charge in [-0.15, -0.1) is 0 Å². The van der Waals surface area contributed by atoms with Crippen molar-refractivity contribution in [3.63, 3.8) is 0 Å². The molecule has 6 heteroatoms. The van der Waals surface area contributed by atoms with Crippen LogP contribution in [0.25, 0.3) is 0 Å². The van der Waals surface area contributed by atoms with E-state index in [2.05, 4.69) is 5.32 Å². The largest absolute Gasteiger partial charge is 0.385 e. The number of nitrogens with one attached hydrogen (secondary N) is 1. The van der Waals surface area contributed by atoms with Crippen molar-refractivity contribution >= 4 is 11.8 Å². The molecule has 2 aliphatic rings. The Morgan fingerprint density at radius 2 is 2.39 bits per heavy atom. The minimum atomic E-state index is -0.982. The minimum absolute atomic E-state index is 0.00794. The van der Waals surface area contributed by atoms with E-state index >= 15 is 0 Å². The van der Waals surface area contributed by atoms with Crippen LogP contribution in [0.5, 0.6) is 0 Å². The quantitative estimate of drug-likeness (QED) is 0.687. The summed E-state index contributed by atoms with van der Waals surface area (Å²) >= 11 is 0. The van der Waals surface area contributed by atoms with Gasteiger partial charge in [-0.3, -0.25) is 9.59 Å². The molecule has 0 radical (unpaired) electrons. The second-order valence-electron chi connectivity index (χ2n) is 5.26. The fourth-order valence-corrected chi connectivity index (χ4v) is 2.43. The van der Waals surface area contributed by atoms with Crippen LogP contribution in [0.3, 0.4) is 0 Å². The summed E-state index contributed by atoms with van der Waals surface area (Å²) in [5, 5.41) is 13.0. The lowest BCUT2D eigenvalue weighted by Gasteiger charge is -2.26. The average Bonchev–Trinajstić information content (AvgIpc) is 2.82. The van der Waals surface area contributed by atoms with Gasteiger partial charge in [-0.2, -0.15) is 0 Å². The Morgan fingerprint density at radius 3 is 2.89 bits per heavy atom. The Kier molecular flexibility index (Phi) is 3.59. The summed E-state index contributed by atoms with van der Waals surface area (Å²) in [6, 6.07) is 0. The standard InChI is InChI=1S/C12H20N2O4/c1-8-12(17,3-4-18-8)7-13-11(16)9-5-10(15)14(2)6-9/h8-9,17H,3-7H2,1-2H3,(H,13,16). The molecule has 6 nitrogen and oxygen atoms in total. The van der Waals surface area contributed by atoms with Gasteiger partial charge >= 0.3 is 0 Å². The lowest BCUT2D eigenvalue weighted by molar-refractivity contribution is -0.129. The molecule has 3 unspecified atom stereocenters. The lowest BCUT2D eigenvalue weighted by atomic mass is 9.96. The number of nitrogens with zero attached hydrogens (tertiary/aromatic N) is 1. The summed E-state index contributed by atoms with van der Waals surface area (Å²) < 4.78 is 5.30. The van der Waals surface area contributed by atoms with E-state index < -0.39 is 5.60 Å². The Labute approximate surface area is 106 Å². The molecule has 2 saturated heterocycles. The first-order chi connectivity index (χ1) is 8.42. The minimum Gasteiger partial charge on any atom is -0.385 e. The maximum atomic E-state index is 11.9. The van der Waals surface area contributed by atoms with Gasteiger partial charge in [0.25, 0.3) is 0 Å². The molecular formula is C12H20N2O4. The van der Waals surface area contributed by atoms with Crippen LogP contribution in [0, 0.1) is 5.92 Å². The molecule has 2 heterocycles. The van der Waals surface area contributed by atoms with Crippen molar-refractivity contribution in [3.05, 3.63) is 0 Å². The number of ether oxygens (including phenoxy) is 1. The Hall–Kier alpha value is -1.14. The first kappa shape index (κ1) is 13.3. The molecule has 0 saturated carbocycles. The van der Waals surface area contributed by atoms with E-state index in [1.807, 2.05) is 0 Å². The van der Waals surface area contributed by atoms with E-state index in [1.54, 1.807) is 18.9 Å². The summed E-state index contributed by atoms with van der Waals surface area (Å²) in [5.74, 6) is -0.476. The third-order valence-electron chi connectivity index (χ3n) is 3.94. The average molecular weight is 256 g/mol. The SMILES string of the molecule is CC1OCCC1(O)CNC(=O)C1CC(=O)N(C)C1. The van der Waals surface area contributed by atoms with Gasteiger partial charge in [-0.25, -0.2) is 0 Å². The molecule has 2 rings (SSSR count). The third-order valence-corrected chi connectivity index (χ3v) is 3.94. The third kappa shape index (κ3) is 2.49. The van der Waals surface area contributed by atoms with Crippen LogP contribution in [0.15, 0.2) is 0 Å². The molecule has 2 amide bonds. The van der Waals surface area contributed by atoms with Crippen LogP contribution in [-0.2, 0) is 14.3 Å². The van der Waals surface area contributed by atoms with E-state index in [-0.39, 0.29) is 36.8 Å². The van der Waals surface area contributed by atoms with Crippen LogP contribution in [0.2, 0.25) is 0 Å².